The van der Waals surface area contributed by atoms with Gasteiger partial charge in [0.05, 0.1) is 17.1 Å². The van der Waals surface area contributed by atoms with Gasteiger partial charge in [0.25, 0.3) is 0 Å². The second kappa shape index (κ2) is 8.26. The summed E-state index contributed by atoms with van der Waals surface area (Å²) in [7, 11) is -3.66. The van der Waals surface area contributed by atoms with Gasteiger partial charge in [0.2, 0.25) is 10.0 Å². The molecule has 1 unspecified atom stereocenters. The van der Waals surface area contributed by atoms with Crippen molar-refractivity contribution < 1.29 is 17.9 Å². The van der Waals surface area contributed by atoms with Crippen LogP contribution >= 0.6 is 28.3 Å². The summed E-state index contributed by atoms with van der Waals surface area (Å²) in [4.78, 5) is 11.8. The number of rotatable bonds is 5. The van der Waals surface area contributed by atoms with Crippen LogP contribution in [0.2, 0.25) is 0 Å². The highest BCUT2D eigenvalue weighted by Gasteiger charge is 2.24. The molecular weight excluding hydrogens is 396 g/mol. The molecule has 0 aromatic heterocycles. The smallest absolute Gasteiger partial charge is 0.338 e. The lowest BCUT2D eigenvalue weighted by atomic mass is 10.2. The van der Waals surface area contributed by atoms with Crippen LogP contribution in [-0.4, -0.2) is 40.1 Å². The third-order valence-corrected chi connectivity index (χ3v) is 5.03. The Morgan fingerprint density at radius 1 is 1.45 bits per heavy atom. The molecule has 124 valence electrons. The number of nitrogens with one attached hydrogen (secondary N) is 2. The first kappa shape index (κ1) is 19.4. The zero-order valence-electron chi connectivity index (χ0n) is 12.0. The molecule has 1 aliphatic rings. The molecule has 2 N–H and O–H groups in total. The standard InChI is InChI=1S/C13H17BrN2O4S.ClH/c1-2-20-13(17)9-5-10(14)7-12(6-9)21(18,19)16-11-3-4-15-8-11;/h5-7,11,15-16H,2-4,8H2,1H3;1H. The van der Waals surface area contributed by atoms with Crippen molar-refractivity contribution in [1.82, 2.24) is 10.0 Å². The van der Waals surface area contributed by atoms with Crippen LogP contribution in [0.4, 0.5) is 0 Å². The van der Waals surface area contributed by atoms with Crippen LogP contribution in [0.15, 0.2) is 27.6 Å². The maximum atomic E-state index is 12.4. The Morgan fingerprint density at radius 2 is 2.18 bits per heavy atom. The summed E-state index contributed by atoms with van der Waals surface area (Å²) in [5.41, 5.74) is 0.205. The number of carbonyl (C=O) groups excluding carboxylic acids is 1. The second-order valence-electron chi connectivity index (χ2n) is 4.71. The minimum absolute atomic E-state index is 0. The number of hydrogen-bond donors (Lipinski definition) is 2. The molecule has 1 atom stereocenters. The van der Waals surface area contributed by atoms with E-state index in [4.69, 9.17) is 4.74 Å². The summed E-state index contributed by atoms with van der Waals surface area (Å²) in [5, 5.41) is 3.09. The Kier molecular flexibility index (Phi) is 7.27. The van der Waals surface area contributed by atoms with Crippen molar-refractivity contribution in [2.24, 2.45) is 0 Å². The molecule has 0 spiro atoms. The maximum absolute atomic E-state index is 12.4. The van der Waals surface area contributed by atoms with Gasteiger partial charge < -0.3 is 10.1 Å². The number of hydrogen-bond acceptors (Lipinski definition) is 5. The molecule has 1 aromatic rings. The lowest BCUT2D eigenvalue weighted by molar-refractivity contribution is 0.0526. The molecule has 1 aliphatic heterocycles. The third kappa shape index (κ3) is 4.92. The highest BCUT2D eigenvalue weighted by Crippen LogP contribution is 2.21. The quantitative estimate of drug-likeness (QED) is 0.718. The molecule has 0 saturated carbocycles. The second-order valence-corrected chi connectivity index (χ2v) is 7.34. The number of esters is 1. The van der Waals surface area contributed by atoms with E-state index in [1.807, 2.05) is 0 Å². The zero-order chi connectivity index (χ0) is 15.5. The van der Waals surface area contributed by atoms with Gasteiger partial charge in [-0.25, -0.2) is 17.9 Å². The SMILES string of the molecule is CCOC(=O)c1cc(Br)cc(S(=O)(=O)NC2CCNC2)c1.Cl. The van der Waals surface area contributed by atoms with Gasteiger partial charge in [0, 0.05) is 17.1 Å². The molecule has 22 heavy (non-hydrogen) atoms. The number of sulfonamides is 1. The summed E-state index contributed by atoms with van der Waals surface area (Å²) in [6.07, 6.45) is 0.748. The number of ether oxygens (including phenoxy) is 1. The largest absolute Gasteiger partial charge is 0.462 e. The minimum atomic E-state index is -3.66. The van der Waals surface area contributed by atoms with Gasteiger partial charge in [0.1, 0.15) is 0 Å². The van der Waals surface area contributed by atoms with Crippen molar-refractivity contribution >= 4 is 44.3 Å². The van der Waals surface area contributed by atoms with Crippen molar-refractivity contribution in [1.29, 1.82) is 0 Å². The molecule has 0 radical (unpaired) electrons. The average Bonchev–Trinajstić information content (AvgIpc) is 2.90. The van der Waals surface area contributed by atoms with E-state index < -0.39 is 16.0 Å². The van der Waals surface area contributed by atoms with Gasteiger partial charge in [-0.05, 0) is 38.1 Å². The van der Waals surface area contributed by atoms with E-state index in [1.54, 1.807) is 6.92 Å². The van der Waals surface area contributed by atoms with E-state index in [2.05, 4.69) is 26.0 Å². The highest BCUT2D eigenvalue weighted by molar-refractivity contribution is 9.10. The summed E-state index contributed by atoms with van der Waals surface area (Å²) < 4.78 is 32.8. The fraction of sp³-hybridized carbons (Fsp3) is 0.462. The van der Waals surface area contributed by atoms with Crippen LogP contribution in [0.3, 0.4) is 0 Å². The van der Waals surface area contributed by atoms with Crippen LogP contribution < -0.4 is 10.0 Å². The number of carbonyl (C=O) groups is 1. The highest BCUT2D eigenvalue weighted by atomic mass is 79.9. The van der Waals surface area contributed by atoms with E-state index in [0.29, 0.717) is 11.0 Å². The number of benzene rings is 1. The Bertz CT molecular complexity index is 633. The van der Waals surface area contributed by atoms with Crippen LogP contribution in [-0.2, 0) is 14.8 Å². The van der Waals surface area contributed by atoms with E-state index >= 15 is 0 Å². The molecule has 1 saturated heterocycles. The Morgan fingerprint density at radius 3 is 2.77 bits per heavy atom. The first-order valence-electron chi connectivity index (χ1n) is 6.63. The van der Waals surface area contributed by atoms with Crippen molar-refractivity contribution in [2.45, 2.75) is 24.3 Å². The monoisotopic (exact) mass is 412 g/mol. The minimum Gasteiger partial charge on any atom is -0.462 e. The summed E-state index contributed by atoms with van der Waals surface area (Å²) >= 11 is 3.23. The molecule has 1 fully saturated rings. The Labute approximate surface area is 144 Å². The third-order valence-electron chi connectivity index (χ3n) is 3.07. The van der Waals surface area contributed by atoms with Crippen LogP contribution in [0.25, 0.3) is 0 Å². The molecule has 1 heterocycles. The number of halogens is 2. The molecular formula is C13H18BrClN2O4S. The summed E-state index contributed by atoms with van der Waals surface area (Å²) in [6, 6.07) is 4.20. The van der Waals surface area contributed by atoms with Gasteiger partial charge in [-0.2, -0.15) is 0 Å². The zero-order valence-corrected chi connectivity index (χ0v) is 15.2. The lowest BCUT2D eigenvalue weighted by Gasteiger charge is -2.13. The van der Waals surface area contributed by atoms with Crippen molar-refractivity contribution in [3.8, 4) is 0 Å². The van der Waals surface area contributed by atoms with E-state index in [0.717, 1.165) is 13.0 Å². The van der Waals surface area contributed by atoms with Gasteiger partial charge in [-0.3, -0.25) is 0 Å². The van der Waals surface area contributed by atoms with Crippen LogP contribution in [0.1, 0.15) is 23.7 Å². The van der Waals surface area contributed by atoms with E-state index in [-0.39, 0.29) is 35.5 Å². The molecule has 0 aliphatic carbocycles. The van der Waals surface area contributed by atoms with Gasteiger partial charge in [-0.1, -0.05) is 15.9 Å². The van der Waals surface area contributed by atoms with Crippen LogP contribution in [0, 0.1) is 0 Å². The Balaban J connectivity index is 0.00000242. The molecule has 0 amide bonds. The predicted octanol–water partition coefficient (Wildman–Crippen LogP) is 1.69. The molecule has 6 nitrogen and oxygen atoms in total. The van der Waals surface area contributed by atoms with Gasteiger partial charge in [-0.15, -0.1) is 12.4 Å². The van der Waals surface area contributed by atoms with Crippen molar-refractivity contribution in [2.75, 3.05) is 19.7 Å². The topological polar surface area (TPSA) is 84.5 Å². The average molecular weight is 414 g/mol. The van der Waals surface area contributed by atoms with E-state index in [9.17, 15) is 13.2 Å². The fourth-order valence-corrected chi connectivity index (χ4v) is 4.08. The van der Waals surface area contributed by atoms with Crippen molar-refractivity contribution in [3.63, 3.8) is 0 Å². The van der Waals surface area contributed by atoms with Gasteiger partial charge >= 0.3 is 5.97 Å². The molecule has 2 rings (SSSR count). The van der Waals surface area contributed by atoms with Gasteiger partial charge in [0.15, 0.2) is 0 Å². The maximum Gasteiger partial charge on any atom is 0.338 e. The van der Waals surface area contributed by atoms with Crippen molar-refractivity contribution in [3.05, 3.63) is 28.2 Å². The van der Waals surface area contributed by atoms with Crippen LogP contribution in [0.5, 0.6) is 0 Å². The summed E-state index contributed by atoms with van der Waals surface area (Å²) in [6.45, 7) is 3.33. The lowest BCUT2D eigenvalue weighted by Crippen LogP contribution is -2.36. The first-order chi connectivity index (χ1) is 9.92. The fourth-order valence-electron chi connectivity index (χ4n) is 2.09. The first-order valence-corrected chi connectivity index (χ1v) is 8.91. The predicted molar refractivity (Wildman–Crippen MR) is 88.9 cm³/mol. The molecule has 9 heteroatoms. The van der Waals surface area contributed by atoms with E-state index in [1.165, 1.54) is 18.2 Å². The summed E-state index contributed by atoms with van der Waals surface area (Å²) in [5.74, 6) is -0.544. The molecule has 0 bridgehead atoms. The molecule has 1 aromatic carbocycles. The Hall–Kier alpha value is -0.670. The normalized spacial score (nSPS) is 17.8.